The lowest BCUT2D eigenvalue weighted by atomic mass is 9.59. The van der Waals surface area contributed by atoms with Crippen LogP contribution < -0.4 is 21.0 Å². The van der Waals surface area contributed by atoms with E-state index in [4.69, 9.17) is 9.16 Å². The van der Waals surface area contributed by atoms with Crippen LogP contribution in [0.3, 0.4) is 0 Å². The number of amides is 1. The highest BCUT2D eigenvalue weighted by Gasteiger charge is 2.66. The fourth-order valence-corrected chi connectivity index (χ4v) is 14.0. The molecular weight excluding hydrogens is 524 g/mol. The van der Waals surface area contributed by atoms with Gasteiger partial charge in [0.05, 0.1) is 6.10 Å². The number of hydrogen-bond donors (Lipinski definition) is 2. The zero-order chi connectivity index (χ0) is 29.0. The van der Waals surface area contributed by atoms with Crippen LogP contribution in [-0.4, -0.2) is 44.7 Å². The summed E-state index contributed by atoms with van der Waals surface area (Å²) in [6, 6.07) is 22.3. The monoisotopic (exact) mass is 574 g/mol. The summed E-state index contributed by atoms with van der Waals surface area (Å²) in [5.41, 5.74) is -0.219. The molecule has 2 N–H and O–H groups in total. The van der Waals surface area contributed by atoms with Crippen molar-refractivity contribution in [3.63, 3.8) is 0 Å². The maximum Gasteiger partial charge on any atom is 0.407 e. The molecule has 4 aliphatic rings. The molecule has 3 bridgehead atoms. The second kappa shape index (κ2) is 10.5. The van der Waals surface area contributed by atoms with Crippen LogP contribution in [0.5, 0.6) is 0 Å². The minimum absolute atomic E-state index is 0.0250. The Kier molecular flexibility index (Phi) is 7.44. The van der Waals surface area contributed by atoms with Crippen LogP contribution in [0.15, 0.2) is 60.7 Å². The lowest BCUT2D eigenvalue weighted by Crippen LogP contribution is -2.69. The predicted octanol–water partition coefficient (Wildman–Crippen LogP) is 6.01. The average molecular weight is 575 g/mol. The Bertz CT molecular complexity index is 1180. The van der Waals surface area contributed by atoms with Crippen molar-refractivity contribution in [3.05, 3.63) is 60.7 Å². The maximum atomic E-state index is 13.2. The molecule has 1 aliphatic heterocycles. The van der Waals surface area contributed by atoms with Crippen LogP contribution in [0.25, 0.3) is 0 Å². The van der Waals surface area contributed by atoms with Crippen LogP contribution in [0.1, 0.15) is 80.1 Å². The van der Waals surface area contributed by atoms with E-state index in [1.807, 2.05) is 20.8 Å². The molecule has 3 saturated carbocycles. The third-order valence-electron chi connectivity index (χ3n) is 10.8. The van der Waals surface area contributed by atoms with Crippen LogP contribution >= 0.6 is 0 Å². The summed E-state index contributed by atoms with van der Waals surface area (Å²) >= 11 is 0. The van der Waals surface area contributed by atoms with E-state index in [9.17, 15) is 4.79 Å². The summed E-state index contributed by atoms with van der Waals surface area (Å²) in [7, 11) is -2.76. The summed E-state index contributed by atoms with van der Waals surface area (Å²) in [5, 5.41) is 10.0. The van der Waals surface area contributed by atoms with Crippen molar-refractivity contribution in [2.24, 2.45) is 23.2 Å². The first-order valence-corrected chi connectivity index (χ1v) is 17.9. The molecule has 1 amide bonds. The summed E-state index contributed by atoms with van der Waals surface area (Å²) in [5.74, 6) is 1.37. The van der Waals surface area contributed by atoms with Crippen molar-refractivity contribution in [2.75, 3.05) is 6.54 Å². The Balaban J connectivity index is 1.42. The molecule has 5 unspecified atom stereocenters. The molecule has 2 aromatic carbocycles. The topological polar surface area (TPSA) is 59.6 Å². The molecular formula is C35H50N2O3Si. The van der Waals surface area contributed by atoms with E-state index in [0.29, 0.717) is 11.3 Å². The molecule has 222 valence electrons. The van der Waals surface area contributed by atoms with Crippen LogP contribution in [0.2, 0.25) is 5.04 Å². The Hall–Kier alpha value is -2.15. The van der Waals surface area contributed by atoms with Gasteiger partial charge in [-0.3, -0.25) is 0 Å². The Labute approximate surface area is 248 Å². The molecule has 5 nitrogen and oxygen atoms in total. The second-order valence-corrected chi connectivity index (χ2v) is 19.7. The number of nitrogens with one attached hydrogen (secondary N) is 2. The molecule has 6 rings (SSSR count). The van der Waals surface area contributed by atoms with Gasteiger partial charge in [-0.2, -0.15) is 0 Å². The number of ether oxygens (including phenoxy) is 1. The van der Waals surface area contributed by atoms with Crippen molar-refractivity contribution in [3.8, 4) is 0 Å². The molecule has 0 aromatic heterocycles. The van der Waals surface area contributed by atoms with E-state index in [2.05, 4.69) is 92.1 Å². The SMILES string of the molecule is CC(C)(C)OC(=O)NC1C2CC3(C4CCCC4)CNC2[C@@H](O[Si](c2ccccc2)(c2ccccc2)C(C)(C)C)C1C3. The minimum Gasteiger partial charge on any atom is -0.444 e. The Morgan fingerprint density at radius 2 is 1.44 bits per heavy atom. The quantitative estimate of drug-likeness (QED) is 0.415. The summed E-state index contributed by atoms with van der Waals surface area (Å²) in [4.78, 5) is 13.2. The summed E-state index contributed by atoms with van der Waals surface area (Å²) in [6.45, 7) is 14.0. The molecule has 6 atom stereocenters. The third-order valence-corrected chi connectivity index (χ3v) is 15.8. The van der Waals surface area contributed by atoms with Crippen molar-refractivity contribution in [1.29, 1.82) is 0 Å². The standard InChI is InChI=1S/C35H50N2O3Si/c1-33(2,3)39-32(38)37-29-27-21-35(24-15-13-14-16-24)22-28(29)31(30(27)36-23-35)40-41(34(4,5)6,25-17-9-7-10-18-25)26-19-11-8-12-20-26/h7-12,17-20,24,27-31,36H,13-16,21-23H2,1-6H3,(H,37,38)/t27?,28?,29?,30?,31-,35?/m0/s1. The molecule has 1 heterocycles. The molecule has 3 aliphatic carbocycles. The molecule has 0 radical (unpaired) electrons. The Morgan fingerprint density at radius 3 is 1.98 bits per heavy atom. The van der Waals surface area contributed by atoms with Gasteiger partial charge in [-0.25, -0.2) is 4.79 Å². The van der Waals surface area contributed by atoms with Crippen molar-refractivity contribution >= 4 is 24.8 Å². The van der Waals surface area contributed by atoms with E-state index in [1.165, 1.54) is 42.5 Å². The van der Waals surface area contributed by atoms with E-state index in [-0.39, 0.29) is 35.2 Å². The minimum atomic E-state index is -2.76. The third kappa shape index (κ3) is 5.08. The molecule has 41 heavy (non-hydrogen) atoms. The number of piperidine rings is 1. The molecule has 0 spiro atoms. The van der Waals surface area contributed by atoms with Gasteiger partial charge in [0, 0.05) is 24.5 Å². The van der Waals surface area contributed by atoms with Crippen molar-refractivity contribution in [2.45, 2.75) is 109 Å². The van der Waals surface area contributed by atoms with E-state index < -0.39 is 13.9 Å². The molecule has 4 fully saturated rings. The van der Waals surface area contributed by atoms with Gasteiger partial charge in [0.15, 0.2) is 0 Å². The maximum absolute atomic E-state index is 13.2. The first-order valence-electron chi connectivity index (χ1n) is 16.0. The smallest absolute Gasteiger partial charge is 0.407 e. The summed E-state index contributed by atoms with van der Waals surface area (Å²) < 4.78 is 13.7. The van der Waals surface area contributed by atoms with Gasteiger partial charge in [-0.1, -0.05) is 94.3 Å². The van der Waals surface area contributed by atoms with Gasteiger partial charge >= 0.3 is 6.09 Å². The number of benzene rings is 2. The number of fused-ring (bicyclic) bond motifs is 2. The fourth-order valence-electron chi connectivity index (χ4n) is 9.24. The first kappa shape index (κ1) is 28.9. The van der Waals surface area contributed by atoms with Crippen molar-refractivity contribution < 1.29 is 14.0 Å². The number of hydrogen-bond acceptors (Lipinski definition) is 4. The molecule has 1 saturated heterocycles. The van der Waals surface area contributed by atoms with Crippen LogP contribution in [0.4, 0.5) is 4.79 Å². The molecule has 6 heteroatoms. The lowest BCUT2D eigenvalue weighted by molar-refractivity contribution is 0.00182. The van der Waals surface area contributed by atoms with Gasteiger partial charge in [0.25, 0.3) is 8.32 Å². The zero-order valence-electron chi connectivity index (χ0n) is 25.9. The van der Waals surface area contributed by atoms with Crippen LogP contribution in [-0.2, 0) is 9.16 Å². The highest BCUT2D eigenvalue weighted by Crippen LogP contribution is 2.60. The first-order chi connectivity index (χ1) is 19.4. The average Bonchev–Trinajstić information content (AvgIpc) is 3.48. The van der Waals surface area contributed by atoms with Gasteiger partial charge in [-0.15, -0.1) is 0 Å². The number of carbonyl (C=O) groups is 1. The van der Waals surface area contributed by atoms with E-state index in [0.717, 1.165) is 18.9 Å². The highest BCUT2D eigenvalue weighted by atomic mass is 28.4. The number of alkyl carbamates (subject to hydrolysis) is 1. The summed E-state index contributed by atoms with van der Waals surface area (Å²) in [6.07, 6.45) is 7.41. The zero-order valence-corrected chi connectivity index (χ0v) is 26.9. The highest BCUT2D eigenvalue weighted by molar-refractivity contribution is 6.99. The molecule has 2 aromatic rings. The van der Waals surface area contributed by atoms with Gasteiger partial charge in [0.2, 0.25) is 0 Å². The second-order valence-electron chi connectivity index (χ2n) is 15.4. The van der Waals surface area contributed by atoms with Crippen molar-refractivity contribution in [1.82, 2.24) is 10.6 Å². The van der Waals surface area contributed by atoms with Gasteiger partial charge < -0.3 is 19.8 Å². The van der Waals surface area contributed by atoms with E-state index >= 15 is 0 Å². The lowest BCUT2D eigenvalue weighted by Gasteiger charge is -2.51. The number of rotatable bonds is 6. The van der Waals surface area contributed by atoms with Gasteiger partial charge in [-0.05, 0) is 79.1 Å². The normalized spacial score (nSPS) is 31.8. The fraction of sp³-hybridized carbons (Fsp3) is 0.629. The van der Waals surface area contributed by atoms with Gasteiger partial charge in [0.1, 0.15) is 5.60 Å². The Morgan fingerprint density at radius 1 is 0.878 bits per heavy atom. The van der Waals surface area contributed by atoms with Crippen LogP contribution in [0, 0.1) is 23.2 Å². The largest absolute Gasteiger partial charge is 0.444 e. The van der Waals surface area contributed by atoms with E-state index in [1.54, 1.807) is 0 Å². The predicted molar refractivity (Wildman–Crippen MR) is 168 cm³/mol. The number of carbonyl (C=O) groups excluding carboxylic acids is 1.